The van der Waals surface area contributed by atoms with Crippen molar-refractivity contribution in [3.63, 3.8) is 0 Å². The second kappa shape index (κ2) is 12.6. The first-order valence-electron chi connectivity index (χ1n) is 11.9. The molecule has 1 aromatic heterocycles. The Balaban J connectivity index is 1.75. The SMILES string of the molecule is C=CCOCC1=C(C(=O)OCOC(=O)C(C)(C)C)N2C(=O)[C@@H](NC(=O)C(=CCC)c3csc(N)n3)[C@@H]2SC1. The van der Waals surface area contributed by atoms with Gasteiger partial charge in [0.05, 0.1) is 29.9 Å². The van der Waals surface area contributed by atoms with Crippen molar-refractivity contribution in [3.05, 3.63) is 41.1 Å². The lowest BCUT2D eigenvalue weighted by Gasteiger charge is -2.49. The highest BCUT2D eigenvalue weighted by molar-refractivity contribution is 8.00. The number of carbonyl (C=O) groups excluding carboxylic acids is 4. The van der Waals surface area contributed by atoms with Crippen molar-refractivity contribution in [2.75, 3.05) is 31.5 Å². The number of thioether (sulfide) groups is 1. The Hall–Kier alpha value is -3.16. The molecule has 0 aliphatic carbocycles. The fourth-order valence-electron chi connectivity index (χ4n) is 3.62. The molecule has 2 atom stereocenters. The van der Waals surface area contributed by atoms with Gasteiger partial charge in [-0.25, -0.2) is 9.78 Å². The molecule has 206 valence electrons. The molecule has 3 heterocycles. The van der Waals surface area contributed by atoms with Crippen molar-refractivity contribution in [3.8, 4) is 0 Å². The predicted molar refractivity (Wildman–Crippen MR) is 144 cm³/mol. The van der Waals surface area contributed by atoms with Gasteiger partial charge in [-0.05, 0) is 32.8 Å². The van der Waals surface area contributed by atoms with Crippen LogP contribution in [0.4, 0.5) is 5.13 Å². The third-order valence-corrected chi connectivity index (χ3v) is 7.50. The molecule has 2 aliphatic rings. The van der Waals surface area contributed by atoms with Crippen LogP contribution in [-0.2, 0) is 33.4 Å². The quantitative estimate of drug-likeness (QED) is 0.102. The number of rotatable bonds is 11. The molecule has 38 heavy (non-hydrogen) atoms. The minimum Gasteiger partial charge on any atom is -0.427 e. The standard InChI is InChI=1S/C25H32N4O7S2/c1-6-8-15(16-12-38-24(26)27-16)19(30)28-17-20(31)29-18(14(10-34-9-7-2)11-37-21(17)29)22(32)35-13-36-23(33)25(3,4)5/h7-8,12,17,21H,2,6,9-11,13H2,1,3-5H3,(H2,26,27)(H,28,30)/t17-,21+/m1/s1. The second-order valence-electron chi connectivity index (χ2n) is 9.45. The summed E-state index contributed by atoms with van der Waals surface area (Å²) in [5.41, 5.74) is 6.28. The van der Waals surface area contributed by atoms with Gasteiger partial charge in [0.1, 0.15) is 17.1 Å². The van der Waals surface area contributed by atoms with Crippen LogP contribution in [0.15, 0.2) is 35.4 Å². The number of aromatic nitrogens is 1. The van der Waals surface area contributed by atoms with E-state index in [2.05, 4.69) is 16.9 Å². The number of thiazole rings is 1. The number of β-lactam (4-membered cyclic amide) rings is 1. The lowest BCUT2D eigenvalue weighted by atomic mass is 9.98. The van der Waals surface area contributed by atoms with Gasteiger partial charge in [-0.1, -0.05) is 19.1 Å². The first-order valence-corrected chi connectivity index (χ1v) is 13.8. The van der Waals surface area contributed by atoms with Crippen LogP contribution in [-0.4, -0.2) is 70.8 Å². The molecular formula is C25H32N4O7S2. The van der Waals surface area contributed by atoms with Gasteiger partial charge in [-0.3, -0.25) is 19.3 Å². The lowest BCUT2D eigenvalue weighted by molar-refractivity contribution is -0.173. The summed E-state index contributed by atoms with van der Waals surface area (Å²) in [4.78, 5) is 56.8. The van der Waals surface area contributed by atoms with Gasteiger partial charge in [-0.2, -0.15) is 0 Å². The van der Waals surface area contributed by atoms with E-state index in [9.17, 15) is 19.2 Å². The molecular weight excluding hydrogens is 532 g/mol. The molecule has 2 amide bonds. The van der Waals surface area contributed by atoms with Gasteiger partial charge in [0.25, 0.3) is 11.8 Å². The number of fused-ring (bicyclic) bond motifs is 1. The van der Waals surface area contributed by atoms with E-state index in [-0.39, 0.29) is 18.9 Å². The van der Waals surface area contributed by atoms with Crippen LogP contribution in [0.3, 0.4) is 0 Å². The average molecular weight is 565 g/mol. The summed E-state index contributed by atoms with van der Waals surface area (Å²) in [6, 6.07) is -0.860. The summed E-state index contributed by atoms with van der Waals surface area (Å²) < 4.78 is 15.8. The average Bonchev–Trinajstić information content (AvgIpc) is 3.30. The van der Waals surface area contributed by atoms with Crippen molar-refractivity contribution >= 4 is 57.6 Å². The zero-order valence-corrected chi connectivity index (χ0v) is 23.4. The maximum absolute atomic E-state index is 13.2. The van der Waals surface area contributed by atoms with Crippen LogP contribution < -0.4 is 11.1 Å². The fraction of sp³-hybridized carbons (Fsp3) is 0.480. The van der Waals surface area contributed by atoms with Crippen LogP contribution in [0.1, 0.15) is 39.8 Å². The number of nitrogens with one attached hydrogen (secondary N) is 1. The lowest BCUT2D eigenvalue weighted by Crippen LogP contribution is -2.70. The summed E-state index contributed by atoms with van der Waals surface area (Å²) in [6.07, 6.45) is 3.87. The van der Waals surface area contributed by atoms with Gasteiger partial charge in [0, 0.05) is 11.1 Å². The minimum atomic E-state index is -0.860. The van der Waals surface area contributed by atoms with Gasteiger partial charge in [-0.15, -0.1) is 29.7 Å². The van der Waals surface area contributed by atoms with Gasteiger partial charge in [0.15, 0.2) is 5.13 Å². The van der Waals surface area contributed by atoms with Crippen molar-refractivity contribution in [1.82, 2.24) is 15.2 Å². The monoisotopic (exact) mass is 564 g/mol. The molecule has 3 rings (SSSR count). The van der Waals surface area contributed by atoms with Crippen LogP contribution >= 0.6 is 23.1 Å². The molecule has 3 N–H and O–H groups in total. The number of nitrogens with two attached hydrogens (primary N) is 1. The number of ether oxygens (including phenoxy) is 3. The maximum atomic E-state index is 13.2. The molecule has 0 saturated carbocycles. The van der Waals surface area contributed by atoms with E-state index < -0.39 is 47.4 Å². The molecule has 11 nitrogen and oxygen atoms in total. The normalized spacial score (nSPS) is 19.4. The molecule has 0 spiro atoms. The summed E-state index contributed by atoms with van der Waals surface area (Å²) in [6.45, 7) is 10.3. The number of esters is 2. The van der Waals surface area contributed by atoms with E-state index >= 15 is 0 Å². The van der Waals surface area contributed by atoms with Crippen molar-refractivity contribution < 1.29 is 33.4 Å². The molecule has 0 bridgehead atoms. The molecule has 13 heteroatoms. The molecule has 0 aromatic carbocycles. The predicted octanol–water partition coefficient (Wildman–Crippen LogP) is 2.47. The van der Waals surface area contributed by atoms with E-state index in [4.69, 9.17) is 19.9 Å². The third-order valence-electron chi connectivity index (χ3n) is 5.48. The Bertz CT molecular complexity index is 1170. The highest BCUT2D eigenvalue weighted by atomic mass is 32.2. The number of allylic oxidation sites excluding steroid dienone is 1. The Morgan fingerprint density at radius 3 is 2.66 bits per heavy atom. The van der Waals surface area contributed by atoms with Crippen LogP contribution in [0, 0.1) is 5.41 Å². The highest BCUT2D eigenvalue weighted by Crippen LogP contribution is 2.41. The van der Waals surface area contributed by atoms with E-state index in [1.807, 2.05) is 6.92 Å². The minimum absolute atomic E-state index is 0.0247. The van der Waals surface area contributed by atoms with Crippen molar-refractivity contribution in [2.45, 2.75) is 45.5 Å². The summed E-state index contributed by atoms with van der Waals surface area (Å²) in [5.74, 6) is -1.92. The zero-order chi connectivity index (χ0) is 28.0. The zero-order valence-electron chi connectivity index (χ0n) is 21.8. The van der Waals surface area contributed by atoms with Crippen LogP contribution in [0.5, 0.6) is 0 Å². The number of nitrogens with zero attached hydrogens (tertiary/aromatic N) is 2. The third kappa shape index (κ3) is 6.63. The van der Waals surface area contributed by atoms with Gasteiger partial charge >= 0.3 is 11.9 Å². The summed E-state index contributed by atoms with van der Waals surface area (Å²) in [5, 5.41) is 4.26. The van der Waals surface area contributed by atoms with E-state index in [0.29, 0.717) is 34.1 Å². The smallest absolute Gasteiger partial charge is 0.358 e. The van der Waals surface area contributed by atoms with Gasteiger partial charge < -0.3 is 25.3 Å². The topological polar surface area (TPSA) is 150 Å². The molecule has 2 aliphatic heterocycles. The van der Waals surface area contributed by atoms with Crippen LogP contribution in [0.25, 0.3) is 5.57 Å². The number of hydrogen-bond donors (Lipinski definition) is 2. The van der Waals surface area contributed by atoms with Crippen LogP contribution in [0.2, 0.25) is 0 Å². The highest BCUT2D eigenvalue weighted by Gasteiger charge is 2.54. The van der Waals surface area contributed by atoms with Crippen molar-refractivity contribution in [1.29, 1.82) is 0 Å². The first kappa shape index (κ1) is 29.4. The Morgan fingerprint density at radius 2 is 2.05 bits per heavy atom. The molecule has 0 unspecified atom stereocenters. The largest absolute Gasteiger partial charge is 0.427 e. The molecule has 1 saturated heterocycles. The van der Waals surface area contributed by atoms with Crippen molar-refractivity contribution in [2.24, 2.45) is 5.41 Å². The molecule has 0 radical (unpaired) electrons. The first-order chi connectivity index (χ1) is 18.0. The van der Waals surface area contributed by atoms with E-state index in [1.165, 1.54) is 28.0 Å². The van der Waals surface area contributed by atoms with Gasteiger partial charge in [0.2, 0.25) is 6.79 Å². The number of carbonyl (C=O) groups is 4. The fourth-order valence-corrected chi connectivity index (χ4v) is 5.51. The Morgan fingerprint density at radius 1 is 1.32 bits per heavy atom. The van der Waals surface area contributed by atoms with E-state index in [1.54, 1.807) is 38.3 Å². The van der Waals surface area contributed by atoms with E-state index in [0.717, 1.165) is 0 Å². The maximum Gasteiger partial charge on any atom is 0.358 e. The summed E-state index contributed by atoms with van der Waals surface area (Å²) >= 11 is 2.61. The second-order valence-corrected chi connectivity index (χ2v) is 11.4. The molecule has 1 aromatic rings. The number of amides is 2. The number of hydrogen-bond acceptors (Lipinski definition) is 11. The number of anilines is 1. The Labute approximate surface area is 229 Å². The Kier molecular flexibility index (Phi) is 9.74. The molecule has 1 fully saturated rings. The number of nitrogen functional groups attached to an aromatic ring is 1. The summed E-state index contributed by atoms with van der Waals surface area (Å²) in [7, 11) is 0.